The van der Waals surface area contributed by atoms with E-state index >= 15 is 0 Å². The number of carbonyl (C=O) groups is 3. The summed E-state index contributed by atoms with van der Waals surface area (Å²) in [6, 6.07) is 6.94. The number of imide groups is 1. The number of anilines is 1. The van der Waals surface area contributed by atoms with Crippen LogP contribution in [0.25, 0.3) is 0 Å². The van der Waals surface area contributed by atoms with Crippen LogP contribution in [0.3, 0.4) is 0 Å². The predicted octanol–water partition coefficient (Wildman–Crippen LogP) is 3.67. The van der Waals surface area contributed by atoms with Crippen LogP contribution in [-0.4, -0.2) is 23.8 Å². The zero-order valence-corrected chi connectivity index (χ0v) is 15.9. The molecular formula is C21H28N2O3. The van der Waals surface area contributed by atoms with Gasteiger partial charge in [0.25, 0.3) is 5.91 Å². The van der Waals surface area contributed by atoms with Crippen LogP contribution in [0.15, 0.2) is 24.3 Å². The number of amides is 3. The third kappa shape index (κ3) is 3.81. The fourth-order valence-electron chi connectivity index (χ4n) is 4.22. The van der Waals surface area contributed by atoms with Crippen LogP contribution in [0.5, 0.6) is 0 Å². The smallest absolute Gasteiger partial charge is 0.251 e. The molecule has 2 aliphatic rings. The molecule has 3 amide bonds. The zero-order chi connectivity index (χ0) is 18.9. The molecule has 1 N–H and O–H groups in total. The quantitative estimate of drug-likeness (QED) is 0.840. The van der Waals surface area contributed by atoms with Crippen LogP contribution in [0, 0.1) is 11.3 Å². The van der Waals surface area contributed by atoms with E-state index in [4.69, 9.17) is 0 Å². The summed E-state index contributed by atoms with van der Waals surface area (Å²) in [6.45, 7) is 6.71. The van der Waals surface area contributed by atoms with Gasteiger partial charge in [-0.1, -0.05) is 33.6 Å². The molecule has 3 rings (SSSR count). The van der Waals surface area contributed by atoms with Crippen LogP contribution in [0.4, 0.5) is 5.69 Å². The summed E-state index contributed by atoms with van der Waals surface area (Å²) in [4.78, 5) is 37.5. The lowest BCUT2D eigenvalue weighted by Crippen LogP contribution is -2.46. The SMILES string of the molecule is CC(C)(C)C1CCCCC1NC(=O)c1ccc(N2C(=O)CCC2=O)cc1. The minimum absolute atomic E-state index is 0.0863. The molecule has 1 aromatic carbocycles. The molecule has 1 saturated heterocycles. The second kappa shape index (κ2) is 7.22. The Balaban J connectivity index is 1.70. The number of carbonyl (C=O) groups excluding carboxylic acids is 3. The van der Waals surface area contributed by atoms with E-state index in [1.165, 1.54) is 11.3 Å². The maximum atomic E-state index is 12.7. The lowest BCUT2D eigenvalue weighted by Gasteiger charge is -2.40. The molecule has 1 aliphatic carbocycles. The molecular weight excluding hydrogens is 328 g/mol. The van der Waals surface area contributed by atoms with E-state index < -0.39 is 0 Å². The predicted molar refractivity (Wildman–Crippen MR) is 101 cm³/mol. The molecule has 5 heteroatoms. The first kappa shape index (κ1) is 18.6. The number of hydrogen-bond donors (Lipinski definition) is 1. The summed E-state index contributed by atoms with van der Waals surface area (Å²) in [6.07, 6.45) is 5.06. The molecule has 2 fully saturated rings. The van der Waals surface area contributed by atoms with Crippen molar-refractivity contribution in [2.75, 3.05) is 4.90 Å². The lowest BCUT2D eigenvalue weighted by atomic mass is 9.69. The number of rotatable bonds is 3. The minimum Gasteiger partial charge on any atom is -0.349 e. The second-order valence-corrected chi connectivity index (χ2v) is 8.51. The Bertz CT molecular complexity index is 687. The van der Waals surface area contributed by atoms with Gasteiger partial charge >= 0.3 is 0 Å². The highest BCUT2D eigenvalue weighted by Gasteiger charge is 2.35. The molecule has 140 valence electrons. The highest BCUT2D eigenvalue weighted by molar-refractivity contribution is 6.19. The number of nitrogens with one attached hydrogen (secondary N) is 1. The van der Waals surface area contributed by atoms with E-state index in [9.17, 15) is 14.4 Å². The van der Waals surface area contributed by atoms with Gasteiger partial charge in [-0.2, -0.15) is 0 Å². The van der Waals surface area contributed by atoms with E-state index in [2.05, 4.69) is 26.1 Å². The summed E-state index contributed by atoms with van der Waals surface area (Å²) >= 11 is 0. The Kier molecular flexibility index (Phi) is 5.17. The van der Waals surface area contributed by atoms with Crippen LogP contribution in [-0.2, 0) is 9.59 Å². The molecule has 0 spiro atoms. The molecule has 2 unspecified atom stereocenters. The standard InChI is InChI=1S/C21H28N2O3/c1-21(2,3)16-6-4-5-7-17(16)22-20(26)14-8-10-15(11-9-14)23-18(24)12-13-19(23)25/h8-11,16-17H,4-7,12-13H2,1-3H3,(H,22,26). The van der Waals surface area contributed by atoms with E-state index in [-0.39, 0.29) is 42.0 Å². The molecule has 1 saturated carbocycles. The minimum atomic E-state index is -0.178. The van der Waals surface area contributed by atoms with E-state index in [1.807, 2.05) is 0 Å². The monoisotopic (exact) mass is 356 g/mol. The van der Waals surface area contributed by atoms with Gasteiger partial charge in [0.05, 0.1) is 5.69 Å². The average molecular weight is 356 g/mol. The van der Waals surface area contributed by atoms with Crippen molar-refractivity contribution in [3.8, 4) is 0 Å². The number of benzene rings is 1. The molecule has 1 aromatic rings. The van der Waals surface area contributed by atoms with Crippen molar-refractivity contribution in [2.45, 2.75) is 65.3 Å². The Labute approximate surface area is 155 Å². The Morgan fingerprint density at radius 1 is 1.00 bits per heavy atom. The average Bonchev–Trinajstić information content (AvgIpc) is 2.93. The molecule has 0 bridgehead atoms. The van der Waals surface area contributed by atoms with Crippen molar-refractivity contribution < 1.29 is 14.4 Å². The number of hydrogen-bond acceptors (Lipinski definition) is 3. The first-order valence-electron chi connectivity index (χ1n) is 9.54. The van der Waals surface area contributed by atoms with Crippen LogP contribution < -0.4 is 10.2 Å². The number of nitrogens with zero attached hydrogens (tertiary/aromatic N) is 1. The molecule has 1 aliphatic heterocycles. The highest BCUT2D eigenvalue weighted by atomic mass is 16.2. The van der Waals surface area contributed by atoms with Crippen molar-refractivity contribution in [1.82, 2.24) is 5.32 Å². The van der Waals surface area contributed by atoms with Crippen LogP contribution >= 0.6 is 0 Å². The molecule has 5 nitrogen and oxygen atoms in total. The van der Waals surface area contributed by atoms with Gasteiger partial charge in [0.1, 0.15) is 0 Å². The summed E-state index contributed by atoms with van der Waals surface area (Å²) in [5.41, 5.74) is 1.27. The Morgan fingerprint density at radius 2 is 1.58 bits per heavy atom. The van der Waals surface area contributed by atoms with E-state index in [0.717, 1.165) is 19.3 Å². The first-order chi connectivity index (χ1) is 12.3. The van der Waals surface area contributed by atoms with E-state index in [1.54, 1.807) is 24.3 Å². The van der Waals surface area contributed by atoms with Crippen molar-refractivity contribution in [3.63, 3.8) is 0 Å². The van der Waals surface area contributed by atoms with Gasteiger partial charge in [-0.25, -0.2) is 0 Å². The maximum absolute atomic E-state index is 12.7. The largest absolute Gasteiger partial charge is 0.349 e. The van der Waals surface area contributed by atoms with Gasteiger partial charge in [0, 0.05) is 24.4 Å². The summed E-state index contributed by atoms with van der Waals surface area (Å²) < 4.78 is 0. The third-order valence-electron chi connectivity index (χ3n) is 5.63. The fraction of sp³-hybridized carbons (Fsp3) is 0.571. The van der Waals surface area contributed by atoms with Gasteiger partial charge < -0.3 is 5.32 Å². The van der Waals surface area contributed by atoms with Gasteiger partial charge in [0.15, 0.2) is 0 Å². The second-order valence-electron chi connectivity index (χ2n) is 8.51. The first-order valence-corrected chi connectivity index (χ1v) is 9.54. The molecule has 0 radical (unpaired) electrons. The summed E-state index contributed by atoms with van der Waals surface area (Å²) in [5.74, 6) is 0.0287. The Hall–Kier alpha value is -2.17. The van der Waals surface area contributed by atoms with Crippen molar-refractivity contribution >= 4 is 23.4 Å². The summed E-state index contributed by atoms with van der Waals surface area (Å²) in [5, 5.41) is 3.21. The third-order valence-corrected chi connectivity index (χ3v) is 5.63. The lowest BCUT2D eigenvalue weighted by molar-refractivity contribution is -0.121. The molecule has 0 aromatic heterocycles. The highest BCUT2D eigenvalue weighted by Crippen LogP contribution is 2.38. The molecule has 26 heavy (non-hydrogen) atoms. The topological polar surface area (TPSA) is 66.5 Å². The summed E-state index contributed by atoms with van der Waals surface area (Å²) in [7, 11) is 0. The zero-order valence-electron chi connectivity index (χ0n) is 15.9. The van der Waals surface area contributed by atoms with Crippen LogP contribution in [0.1, 0.15) is 69.7 Å². The van der Waals surface area contributed by atoms with Gasteiger partial charge in [0.2, 0.25) is 11.8 Å². The van der Waals surface area contributed by atoms with Gasteiger partial charge in [-0.3, -0.25) is 19.3 Å². The normalized spacial score (nSPS) is 24.0. The Morgan fingerprint density at radius 3 is 2.15 bits per heavy atom. The van der Waals surface area contributed by atoms with Gasteiger partial charge in [-0.15, -0.1) is 0 Å². The van der Waals surface area contributed by atoms with Gasteiger partial charge in [-0.05, 0) is 48.4 Å². The van der Waals surface area contributed by atoms with Crippen molar-refractivity contribution in [3.05, 3.63) is 29.8 Å². The van der Waals surface area contributed by atoms with Crippen molar-refractivity contribution in [1.29, 1.82) is 0 Å². The fourth-order valence-corrected chi connectivity index (χ4v) is 4.22. The molecule has 1 heterocycles. The van der Waals surface area contributed by atoms with Crippen molar-refractivity contribution in [2.24, 2.45) is 11.3 Å². The molecule has 2 atom stereocenters. The van der Waals surface area contributed by atoms with Crippen LogP contribution in [0.2, 0.25) is 0 Å². The maximum Gasteiger partial charge on any atom is 0.251 e. The van der Waals surface area contributed by atoms with E-state index in [0.29, 0.717) is 17.2 Å².